The Morgan fingerprint density at radius 1 is 1.00 bits per heavy atom. The molecule has 1 aliphatic heterocycles. The van der Waals surface area contributed by atoms with E-state index in [9.17, 15) is 22.8 Å². The van der Waals surface area contributed by atoms with E-state index in [0.29, 0.717) is 35.2 Å². The lowest BCUT2D eigenvalue weighted by molar-refractivity contribution is -0.274. The first-order chi connectivity index (χ1) is 16.2. The van der Waals surface area contributed by atoms with Crippen molar-refractivity contribution in [2.45, 2.75) is 57.3 Å². The molecule has 1 amide bonds. The Kier molecular flexibility index (Phi) is 7.14. The van der Waals surface area contributed by atoms with Gasteiger partial charge < -0.3 is 14.4 Å². The molecule has 2 aromatic rings. The van der Waals surface area contributed by atoms with Crippen LogP contribution in [0.25, 0.3) is 11.1 Å². The number of ether oxygens (including phenoxy) is 2. The Morgan fingerprint density at radius 3 is 2.32 bits per heavy atom. The van der Waals surface area contributed by atoms with E-state index in [1.54, 1.807) is 36.4 Å². The first kappa shape index (κ1) is 24.1. The van der Waals surface area contributed by atoms with Gasteiger partial charge >= 0.3 is 12.3 Å². The van der Waals surface area contributed by atoms with Crippen LogP contribution in [-0.2, 0) is 16.0 Å². The number of halogens is 3. The van der Waals surface area contributed by atoms with E-state index in [4.69, 9.17) is 0 Å². The second kappa shape index (κ2) is 10.1. The number of alkyl halides is 3. The normalized spacial score (nSPS) is 19.4. The van der Waals surface area contributed by atoms with Gasteiger partial charge in [0.2, 0.25) is 5.91 Å². The molecule has 0 aromatic heterocycles. The van der Waals surface area contributed by atoms with Crippen LogP contribution in [0.3, 0.4) is 0 Å². The summed E-state index contributed by atoms with van der Waals surface area (Å²) >= 11 is 0. The minimum atomic E-state index is -4.85. The van der Waals surface area contributed by atoms with Gasteiger partial charge in [0.15, 0.2) is 0 Å². The summed E-state index contributed by atoms with van der Waals surface area (Å²) < 4.78 is 48.6. The van der Waals surface area contributed by atoms with Crippen LogP contribution in [0.2, 0.25) is 0 Å². The quantitative estimate of drug-likeness (QED) is 0.499. The molecule has 0 spiro atoms. The molecule has 1 atom stereocenters. The fourth-order valence-electron chi connectivity index (χ4n) is 5.01. The zero-order chi connectivity index (χ0) is 24.3. The summed E-state index contributed by atoms with van der Waals surface area (Å²) in [6.07, 6.45) is 1.42. The molecule has 0 N–H and O–H groups in total. The van der Waals surface area contributed by atoms with Crippen molar-refractivity contribution in [3.8, 4) is 16.9 Å². The molecule has 1 aliphatic carbocycles. The number of esters is 1. The summed E-state index contributed by atoms with van der Waals surface area (Å²) in [7, 11) is 1.28. The van der Waals surface area contributed by atoms with Crippen molar-refractivity contribution in [2.75, 3.05) is 13.7 Å². The summed E-state index contributed by atoms with van der Waals surface area (Å²) in [6, 6.07) is 11.3. The first-order valence-electron chi connectivity index (χ1n) is 11.6. The van der Waals surface area contributed by atoms with Gasteiger partial charge in [-0.25, -0.2) is 4.79 Å². The van der Waals surface area contributed by atoms with Gasteiger partial charge in [0.05, 0.1) is 12.7 Å². The molecule has 8 heteroatoms. The van der Waals surface area contributed by atoms with Crippen LogP contribution < -0.4 is 4.74 Å². The Balaban J connectivity index is 1.55. The number of hydrogen-bond donors (Lipinski definition) is 0. The largest absolute Gasteiger partial charge is 0.573 e. The van der Waals surface area contributed by atoms with Crippen LogP contribution >= 0.6 is 0 Å². The second-order valence-electron chi connectivity index (χ2n) is 8.95. The predicted molar refractivity (Wildman–Crippen MR) is 120 cm³/mol. The zero-order valence-corrected chi connectivity index (χ0v) is 19.1. The maximum absolute atomic E-state index is 13.2. The molecule has 182 valence electrons. The van der Waals surface area contributed by atoms with Gasteiger partial charge in [-0.05, 0) is 60.6 Å². The fraction of sp³-hybridized carbons (Fsp3) is 0.462. The highest BCUT2D eigenvalue weighted by Crippen LogP contribution is 2.36. The topological polar surface area (TPSA) is 55.8 Å². The molecule has 0 bridgehead atoms. The van der Waals surface area contributed by atoms with Crippen LogP contribution in [-0.4, -0.2) is 42.8 Å². The molecular weight excluding hydrogens is 447 g/mol. The molecule has 5 nitrogen and oxygen atoms in total. The number of nitrogens with zero attached hydrogens (tertiary/aromatic N) is 1. The first-order valence-corrected chi connectivity index (χ1v) is 11.6. The van der Waals surface area contributed by atoms with Crippen molar-refractivity contribution in [1.82, 2.24) is 4.90 Å². The van der Waals surface area contributed by atoms with Crippen LogP contribution in [0, 0.1) is 5.92 Å². The van der Waals surface area contributed by atoms with E-state index < -0.39 is 12.3 Å². The number of benzene rings is 2. The molecule has 1 saturated heterocycles. The van der Waals surface area contributed by atoms with Crippen LogP contribution in [0.15, 0.2) is 42.5 Å². The van der Waals surface area contributed by atoms with Gasteiger partial charge in [0.1, 0.15) is 5.75 Å². The maximum atomic E-state index is 13.2. The molecule has 4 rings (SSSR count). The van der Waals surface area contributed by atoms with E-state index in [-0.39, 0.29) is 30.0 Å². The number of methoxy groups -OCH3 is 1. The lowest BCUT2D eigenvalue weighted by Gasteiger charge is -2.31. The van der Waals surface area contributed by atoms with Gasteiger partial charge in [0.25, 0.3) is 0 Å². The van der Waals surface area contributed by atoms with Crippen molar-refractivity contribution < 1.29 is 32.2 Å². The third-order valence-electron chi connectivity index (χ3n) is 6.76. The summed E-state index contributed by atoms with van der Waals surface area (Å²) in [4.78, 5) is 26.6. The van der Waals surface area contributed by atoms with Gasteiger partial charge in [-0.2, -0.15) is 0 Å². The lowest BCUT2D eigenvalue weighted by Crippen LogP contribution is -2.39. The van der Waals surface area contributed by atoms with Crippen molar-refractivity contribution in [3.63, 3.8) is 0 Å². The van der Waals surface area contributed by atoms with E-state index in [1.807, 2.05) is 4.90 Å². The molecule has 0 radical (unpaired) electrons. The summed E-state index contributed by atoms with van der Waals surface area (Å²) in [5, 5.41) is 0. The number of amides is 1. The summed E-state index contributed by atoms with van der Waals surface area (Å²) in [5.74, 6) is -1.10. The monoisotopic (exact) mass is 475 g/mol. The molecule has 34 heavy (non-hydrogen) atoms. The zero-order valence-electron chi connectivity index (χ0n) is 19.1. The van der Waals surface area contributed by atoms with Gasteiger partial charge in [-0.15, -0.1) is 13.2 Å². The third-order valence-corrected chi connectivity index (χ3v) is 6.76. The Morgan fingerprint density at radius 2 is 1.68 bits per heavy atom. The maximum Gasteiger partial charge on any atom is 0.573 e. The van der Waals surface area contributed by atoms with E-state index in [1.165, 1.54) is 19.6 Å². The molecule has 1 heterocycles. The number of likely N-dealkylation sites (tertiary alicyclic amines) is 1. The number of rotatable bonds is 6. The standard InChI is InChI=1S/C26H28F3NO4/c1-33-25(32)18-9-7-17(8-10-18)19-11-12-20(23(16-19)34-26(27,28)29)15-21-13-14-30(24(21)31)22-5-3-2-4-6-22/h7-12,16,21-22H,2-6,13-15H2,1H3. The average Bonchev–Trinajstić information content (AvgIpc) is 3.19. The lowest BCUT2D eigenvalue weighted by atomic mass is 9.93. The average molecular weight is 476 g/mol. The van der Waals surface area contributed by atoms with Crippen molar-refractivity contribution in [2.24, 2.45) is 5.92 Å². The van der Waals surface area contributed by atoms with Crippen molar-refractivity contribution >= 4 is 11.9 Å². The van der Waals surface area contributed by atoms with Gasteiger partial charge in [-0.3, -0.25) is 4.79 Å². The smallest absolute Gasteiger partial charge is 0.465 e. The Bertz CT molecular complexity index is 1030. The minimum absolute atomic E-state index is 0.0346. The van der Waals surface area contributed by atoms with Crippen LogP contribution in [0.4, 0.5) is 13.2 Å². The number of carbonyl (C=O) groups excluding carboxylic acids is 2. The highest BCUT2D eigenvalue weighted by Gasteiger charge is 2.37. The van der Waals surface area contributed by atoms with Crippen LogP contribution in [0.5, 0.6) is 5.75 Å². The SMILES string of the molecule is COC(=O)c1ccc(-c2ccc(CC3CCN(C4CCCCC4)C3=O)c(OC(F)(F)F)c2)cc1. The van der Waals surface area contributed by atoms with Crippen molar-refractivity contribution in [3.05, 3.63) is 53.6 Å². The minimum Gasteiger partial charge on any atom is -0.465 e. The van der Waals surface area contributed by atoms with E-state index in [2.05, 4.69) is 9.47 Å². The molecule has 2 aromatic carbocycles. The summed E-state index contributed by atoms with van der Waals surface area (Å²) in [6.45, 7) is 0.661. The van der Waals surface area contributed by atoms with Gasteiger partial charge in [0, 0.05) is 18.5 Å². The molecule has 1 saturated carbocycles. The molecule has 2 fully saturated rings. The predicted octanol–water partition coefficient (Wildman–Crippen LogP) is 5.76. The van der Waals surface area contributed by atoms with E-state index >= 15 is 0 Å². The molecule has 2 aliphatic rings. The highest BCUT2D eigenvalue weighted by atomic mass is 19.4. The Hall–Kier alpha value is -3.03. The van der Waals surface area contributed by atoms with E-state index in [0.717, 1.165) is 25.7 Å². The van der Waals surface area contributed by atoms with Gasteiger partial charge in [-0.1, -0.05) is 43.5 Å². The molecule has 1 unspecified atom stereocenters. The van der Waals surface area contributed by atoms with Crippen LogP contribution in [0.1, 0.15) is 54.4 Å². The third kappa shape index (κ3) is 5.54. The fourth-order valence-corrected chi connectivity index (χ4v) is 5.01. The van der Waals surface area contributed by atoms with Crippen molar-refractivity contribution in [1.29, 1.82) is 0 Å². The summed E-state index contributed by atoms with van der Waals surface area (Å²) in [5.41, 5.74) is 1.85. The number of hydrogen-bond acceptors (Lipinski definition) is 4. The second-order valence-corrected chi connectivity index (χ2v) is 8.95. The highest BCUT2D eigenvalue weighted by molar-refractivity contribution is 5.90. The molecular formula is C26H28F3NO4. The number of carbonyl (C=O) groups is 2. The Labute approximate surface area is 196 Å².